The van der Waals surface area contributed by atoms with Gasteiger partial charge in [-0.25, -0.2) is 9.97 Å². The summed E-state index contributed by atoms with van der Waals surface area (Å²) in [5.41, 5.74) is 2.87. The highest BCUT2D eigenvalue weighted by Gasteiger charge is 2.61. The summed E-state index contributed by atoms with van der Waals surface area (Å²) in [5, 5.41) is 0. The van der Waals surface area contributed by atoms with Gasteiger partial charge in [0.05, 0.1) is 5.69 Å². The van der Waals surface area contributed by atoms with Gasteiger partial charge in [0.25, 0.3) is 0 Å². The molecule has 5 nitrogen and oxygen atoms in total. The van der Waals surface area contributed by atoms with Crippen LogP contribution < -0.4 is 4.90 Å². The lowest BCUT2D eigenvalue weighted by atomic mass is 9.79. The zero-order chi connectivity index (χ0) is 16.9. The van der Waals surface area contributed by atoms with Crippen LogP contribution in [0.5, 0.6) is 0 Å². The average molecular weight is 359 g/mol. The minimum absolute atomic E-state index is 0.326. The molecule has 2 aliphatic carbocycles. The first-order chi connectivity index (χ1) is 12.3. The maximum Gasteiger partial charge on any atom is 0.226 e. The molecule has 1 atom stereocenters. The molecule has 1 amide bonds. The van der Waals surface area contributed by atoms with E-state index < -0.39 is 0 Å². The molecule has 3 heterocycles. The Kier molecular flexibility index (Phi) is 3.91. The van der Waals surface area contributed by atoms with Crippen molar-refractivity contribution in [2.45, 2.75) is 38.5 Å². The van der Waals surface area contributed by atoms with Crippen LogP contribution in [0.2, 0.25) is 0 Å². The van der Waals surface area contributed by atoms with Gasteiger partial charge >= 0.3 is 0 Å². The molecule has 0 bridgehead atoms. The zero-order valence-corrected chi connectivity index (χ0v) is 15.6. The molecule has 134 valence electrons. The molecular formula is C19H26N4OS. The molecule has 1 spiro atoms. The van der Waals surface area contributed by atoms with Crippen LogP contribution in [0.4, 0.5) is 5.82 Å². The average Bonchev–Trinajstić information content (AvgIpc) is 3.41. The number of thioether (sulfide) groups is 1. The predicted molar refractivity (Wildman–Crippen MR) is 99.9 cm³/mol. The van der Waals surface area contributed by atoms with Gasteiger partial charge < -0.3 is 9.80 Å². The number of rotatable bonds is 2. The van der Waals surface area contributed by atoms with Crippen LogP contribution in [0, 0.1) is 11.3 Å². The maximum atomic E-state index is 12.9. The van der Waals surface area contributed by atoms with Crippen molar-refractivity contribution < 1.29 is 4.79 Å². The van der Waals surface area contributed by atoms with E-state index in [2.05, 4.69) is 19.8 Å². The standard InChI is InChI=1S/C19H26N4OS/c24-18(15-12-19(15)4-1-5-19)23-6-2-14-16(3-7-23)20-13-21-17(14)22-8-10-25-11-9-22/h13,15H,1-12H2/t15-/m0/s1. The number of amides is 1. The van der Waals surface area contributed by atoms with Crippen molar-refractivity contribution in [1.82, 2.24) is 14.9 Å². The number of fused-ring (bicyclic) bond motifs is 1. The summed E-state index contributed by atoms with van der Waals surface area (Å²) in [7, 11) is 0. The highest BCUT2D eigenvalue weighted by Crippen LogP contribution is 2.65. The van der Waals surface area contributed by atoms with Crippen LogP contribution in [0.25, 0.3) is 0 Å². The Labute approximate surface area is 153 Å². The zero-order valence-electron chi connectivity index (χ0n) is 14.7. The van der Waals surface area contributed by atoms with Crippen LogP contribution in [-0.2, 0) is 17.6 Å². The largest absolute Gasteiger partial charge is 0.355 e. The molecular weight excluding hydrogens is 332 g/mol. The van der Waals surface area contributed by atoms with Crippen LogP contribution >= 0.6 is 11.8 Å². The van der Waals surface area contributed by atoms with Crippen LogP contribution in [-0.4, -0.2) is 58.5 Å². The number of nitrogens with zero attached hydrogens (tertiary/aromatic N) is 4. The Balaban J connectivity index is 1.32. The minimum atomic E-state index is 0.326. The lowest BCUT2D eigenvalue weighted by Gasteiger charge is -2.29. The van der Waals surface area contributed by atoms with Crippen molar-refractivity contribution in [2.75, 3.05) is 42.6 Å². The molecule has 2 saturated carbocycles. The molecule has 6 heteroatoms. The van der Waals surface area contributed by atoms with Gasteiger partial charge in [-0.05, 0) is 31.1 Å². The van der Waals surface area contributed by atoms with Gasteiger partial charge in [0, 0.05) is 55.6 Å². The molecule has 4 aliphatic rings. The molecule has 3 fully saturated rings. The molecule has 0 radical (unpaired) electrons. The van der Waals surface area contributed by atoms with E-state index in [1.165, 1.54) is 36.3 Å². The summed E-state index contributed by atoms with van der Waals surface area (Å²) < 4.78 is 0. The van der Waals surface area contributed by atoms with E-state index in [0.717, 1.165) is 57.0 Å². The van der Waals surface area contributed by atoms with Gasteiger partial charge in [-0.15, -0.1) is 0 Å². The maximum absolute atomic E-state index is 12.9. The molecule has 1 saturated heterocycles. The SMILES string of the molecule is O=C([C@@H]1CC12CCC2)N1CCc2ncnc(N3CCSCC3)c2CC1. The van der Waals surface area contributed by atoms with Crippen molar-refractivity contribution in [1.29, 1.82) is 0 Å². The number of hydrogen-bond acceptors (Lipinski definition) is 5. The van der Waals surface area contributed by atoms with E-state index in [4.69, 9.17) is 0 Å². The first-order valence-electron chi connectivity index (χ1n) is 9.71. The van der Waals surface area contributed by atoms with E-state index in [-0.39, 0.29) is 0 Å². The summed E-state index contributed by atoms with van der Waals surface area (Å²) in [6.45, 7) is 3.80. The third kappa shape index (κ3) is 2.73. The second-order valence-corrected chi connectivity index (χ2v) is 9.24. The Morgan fingerprint density at radius 2 is 1.92 bits per heavy atom. The fourth-order valence-corrected chi connectivity index (χ4v) is 5.78. The van der Waals surface area contributed by atoms with Crippen LogP contribution in [0.1, 0.15) is 36.9 Å². The van der Waals surface area contributed by atoms with Crippen molar-refractivity contribution in [3.8, 4) is 0 Å². The van der Waals surface area contributed by atoms with Crippen molar-refractivity contribution >= 4 is 23.5 Å². The number of carbonyl (C=O) groups is 1. The van der Waals surface area contributed by atoms with Crippen LogP contribution in [0.15, 0.2) is 6.33 Å². The lowest BCUT2D eigenvalue weighted by molar-refractivity contribution is -0.133. The van der Waals surface area contributed by atoms with Gasteiger partial charge in [-0.2, -0.15) is 11.8 Å². The lowest BCUT2D eigenvalue weighted by Crippen LogP contribution is -2.37. The van der Waals surface area contributed by atoms with E-state index in [1.54, 1.807) is 6.33 Å². The molecule has 2 aliphatic heterocycles. The normalized spacial score (nSPS) is 27.4. The minimum Gasteiger partial charge on any atom is -0.355 e. The number of aromatic nitrogens is 2. The summed E-state index contributed by atoms with van der Waals surface area (Å²) in [6.07, 6.45) is 8.52. The second-order valence-electron chi connectivity index (χ2n) is 8.02. The number of anilines is 1. The van der Waals surface area contributed by atoms with Gasteiger partial charge in [0.2, 0.25) is 5.91 Å². The highest BCUT2D eigenvalue weighted by molar-refractivity contribution is 7.99. The van der Waals surface area contributed by atoms with Crippen molar-refractivity contribution in [3.05, 3.63) is 17.6 Å². The molecule has 1 aromatic heterocycles. The third-order valence-corrected chi connectivity index (χ3v) is 7.66. The van der Waals surface area contributed by atoms with Gasteiger partial charge in [-0.1, -0.05) is 6.42 Å². The first kappa shape index (κ1) is 15.9. The highest BCUT2D eigenvalue weighted by atomic mass is 32.2. The van der Waals surface area contributed by atoms with E-state index in [1.807, 2.05) is 11.8 Å². The van der Waals surface area contributed by atoms with E-state index in [9.17, 15) is 4.79 Å². The van der Waals surface area contributed by atoms with Crippen molar-refractivity contribution in [2.24, 2.45) is 11.3 Å². The Morgan fingerprint density at radius 3 is 2.64 bits per heavy atom. The Morgan fingerprint density at radius 1 is 1.12 bits per heavy atom. The molecule has 0 unspecified atom stereocenters. The van der Waals surface area contributed by atoms with E-state index >= 15 is 0 Å². The number of hydrogen-bond donors (Lipinski definition) is 0. The fraction of sp³-hybridized carbons (Fsp3) is 0.737. The molecule has 0 aromatic carbocycles. The summed E-state index contributed by atoms with van der Waals surface area (Å²) in [5.74, 6) is 4.21. The fourth-order valence-electron chi connectivity index (χ4n) is 4.88. The van der Waals surface area contributed by atoms with E-state index in [0.29, 0.717) is 17.2 Å². The van der Waals surface area contributed by atoms with Crippen molar-refractivity contribution in [3.63, 3.8) is 0 Å². The summed E-state index contributed by atoms with van der Waals surface area (Å²) in [4.78, 5) is 26.7. The topological polar surface area (TPSA) is 49.3 Å². The monoisotopic (exact) mass is 358 g/mol. The Hall–Kier alpha value is -1.30. The molecule has 5 rings (SSSR count). The van der Waals surface area contributed by atoms with Gasteiger partial charge in [0.1, 0.15) is 12.1 Å². The quantitative estimate of drug-likeness (QED) is 0.811. The van der Waals surface area contributed by atoms with Crippen LogP contribution in [0.3, 0.4) is 0 Å². The summed E-state index contributed by atoms with van der Waals surface area (Å²) in [6, 6.07) is 0. The Bertz CT molecular complexity index is 684. The molecule has 25 heavy (non-hydrogen) atoms. The predicted octanol–water partition coefficient (Wildman–Crippen LogP) is 2.15. The second kappa shape index (κ2) is 6.15. The number of carbonyl (C=O) groups excluding carboxylic acids is 1. The first-order valence-corrected chi connectivity index (χ1v) is 10.9. The third-order valence-electron chi connectivity index (χ3n) is 6.72. The molecule has 1 aromatic rings. The van der Waals surface area contributed by atoms with Gasteiger partial charge in [-0.3, -0.25) is 4.79 Å². The summed E-state index contributed by atoms with van der Waals surface area (Å²) >= 11 is 2.02. The van der Waals surface area contributed by atoms with Gasteiger partial charge in [0.15, 0.2) is 0 Å². The molecule has 0 N–H and O–H groups in total. The smallest absolute Gasteiger partial charge is 0.226 e.